The molecule has 0 aliphatic carbocycles. The van der Waals surface area contributed by atoms with Crippen molar-refractivity contribution >= 4 is 17.4 Å². The van der Waals surface area contributed by atoms with E-state index in [0.717, 1.165) is 17.5 Å². The summed E-state index contributed by atoms with van der Waals surface area (Å²) in [4.78, 5) is 12.2. The molecular weight excluding hydrogens is 304 g/mol. The van der Waals surface area contributed by atoms with E-state index in [1.54, 1.807) is 0 Å². The second kappa shape index (κ2) is 12.6. The van der Waals surface area contributed by atoms with Crippen LogP contribution in [0.1, 0.15) is 99.9 Å². The van der Waals surface area contributed by atoms with Crippen molar-refractivity contribution in [3.63, 3.8) is 0 Å². The van der Waals surface area contributed by atoms with Gasteiger partial charge < -0.3 is 0 Å². The van der Waals surface area contributed by atoms with E-state index in [2.05, 4.69) is 6.92 Å². The molecule has 0 saturated heterocycles. The van der Waals surface area contributed by atoms with Crippen LogP contribution in [0.5, 0.6) is 0 Å². The minimum Gasteiger partial charge on any atom is -0.294 e. The lowest BCUT2D eigenvalue weighted by Gasteiger charge is -2.06. The van der Waals surface area contributed by atoms with Crippen LogP contribution >= 0.6 is 11.6 Å². The average molecular weight is 337 g/mol. The van der Waals surface area contributed by atoms with Crippen molar-refractivity contribution in [3.8, 4) is 0 Å². The first-order chi connectivity index (χ1) is 11.2. The molecule has 0 N–H and O–H groups in total. The average Bonchev–Trinajstić information content (AvgIpc) is 2.55. The first kappa shape index (κ1) is 20.2. The smallest absolute Gasteiger partial charge is 0.163 e. The Labute approximate surface area is 147 Å². The Hall–Kier alpha value is -0.820. The van der Waals surface area contributed by atoms with Gasteiger partial charge in [0.2, 0.25) is 0 Å². The van der Waals surface area contributed by atoms with Crippen LogP contribution in [0, 0.1) is 6.92 Å². The molecule has 0 bridgehead atoms. The normalized spacial score (nSPS) is 10.9. The predicted molar refractivity (Wildman–Crippen MR) is 102 cm³/mol. The number of hydrogen-bond acceptors (Lipinski definition) is 1. The summed E-state index contributed by atoms with van der Waals surface area (Å²) in [6.07, 6.45) is 15.1. The highest BCUT2D eigenvalue weighted by atomic mass is 35.5. The molecule has 0 radical (unpaired) electrons. The van der Waals surface area contributed by atoms with Crippen molar-refractivity contribution < 1.29 is 4.79 Å². The summed E-state index contributed by atoms with van der Waals surface area (Å²) in [5.74, 6) is 0.237. The molecule has 1 aromatic rings. The van der Waals surface area contributed by atoms with E-state index in [9.17, 15) is 4.79 Å². The van der Waals surface area contributed by atoms with Crippen LogP contribution in [-0.4, -0.2) is 5.78 Å². The Kier molecular flexibility index (Phi) is 11.1. The van der Waals surface area contributed by atoms with Crippen LogP contribution in [-0.2, 0) is 0 Å². The van der Waals surface area contributed by atoms with Crippen molar-refractivity contribution in [2.24, 2.45) is 0 Å². The largest absolute Gasteiger partial charge is 0.294 e. The lowest BCUT2D eigenvalue weighted by atomic mass is 9.99. The van der Waals surface area contributed by atoms with Gasteiger partial charge in [-0.25, -0.2) is 0 Å². The highest BCUT2D eigenvalue weighted by Gasteiger charge is 2.10. The number of unbranched alkanes of at least 4 members (excludes halogenated alkanes) is 10. The van der Waals surface area contributed by atoms with Crippen molar-refractivity contribution in [1.29, 1.82) is 0 Å². The summed E-state index contributed by atoms with van der Waals surface area (Å²) in [6.45, 7) is 4.19. The van der Waals surface area contributed by atoms with Gasteiger partial charge in [-0.05, 0) is 25.0 Å². The van der Waals surface area contributed by atoms with Gasteiger partial charge in [-0.2, -0.15) is 0 Å². The van der Waals surface area contributed by atoms with Gasteiger partial charge in [0, 0.05) is 17.0 Å². The number of hydrogen-bond donors (Lipinski definition) is 0. The molecule has 0 fully saturated rings. The molecule has 0 unspecified atom stereocenters. The molecular formula is C21H33ClO. The molecule has 0 aliphatic rings. The Morgan fingerprint density at radius 2 is 1.39 bits per heavy atom. The standard InChI is InChI=1S/C21H33ClO/c1-3-4-5-6-7-8-9-10-11-12-13-17-21(23)19-15-14-16-20(22)18(19)2/h14-16H,3-13,17H2,1-2H3. The molecule has 0 aliphatic heterocycles. The SMILES string of the molecule is CCCCCCCCCCCCCC(=O)c1cccc(Cl)c1C. The zero-order valence-electron chi connectivity index (χ0n) is 15.0. The van der Waals surface area contributed by atoms with Gasteiger partial charge in [0.15, 0.2) is 5.78 Å². The van der Waals surface area contributed by atoms with Crippen LogP contribution in [0.2, 0.25) is 5.02 Å². The fourth-order valence-electron chi connectivity index (χ4n) is 2.99. The molecule has 130 valence electrons. The van der Waals surface area contributed by atoms with Gasteiger partial charge in [-0.1, -0.05) is 94.9 Å². The van der Waals surface area contributed by atoms with E-state index in [4.69, 9.17) is 11.6 Å². The second-order valence-electron chi connectivity index (χ2n) is 6.62. The molecule has 1 nitrogen and oxygen atoms in total. The van der Waals surface area contributed by atoms with E-state index in [-0.39, 0.29) is 5.78 Å². The molecule has 1 rings (SSSR count). The van der Waals surface area contributed by atoms with E-state index in [1.807, 2.05) is 25.1 Å². The first-order valence-corrected chi connectivity index (χ1v) is 9.83. The number of carbonyl (C=O) groups is 1. The van der Waals surface area contributed by atoms with Gasteiger partial charge in [-0.3, -0.25) is 4.79 Å². The van der Waals surface area contributed by atoms with Crippen molar-refractivity contribution in [1.82, 2.24) is 0 Å². The number of benzene rings is 1. The van der Waals surface area contributed by atoms with Gasteiger partial charge in [-0.15, -0.1) is 0 Å². The Morgan fingerprint density at radius 1 is 0.870 bits per heavy atom. The summed E-state index contributed by atoms with van der Waals surface area (Å²) < 4.78 is 0. The zero-order chi connectivity index (χ0) is 16.9. The molecule has 2 heteroatoms. The molecule has 0 aromatic heterocycles. The van der Waals surface area contributed by atoms with E-state index >= 15 is 0 Å². The van der Waals surface area contributed by atoms with Gasteiger partial charge in [0.05, 0.1) is 0 Å². The molecule has 0 atom stereocenters. The molecule has 0 saturated carbocycles. The quantitative estimate of drug-likeness (QED) is 0.268. The fourth-order valence-corrected chi connectivity index (χ4v) is 3.17. The van der Waals surface area contributed by atoms with Crippen molar-refractivity contribution in [2.45, 2.75) is 90.9 Å². The molecule has 23 heavy (non-hydrogen) atoms. The maximum absolute atomic E-state index is 12.2. The molecule has 0 amide bonds. The van der Waals surface area contributed by atoms with Crippen LogP contribution in [0.3, 0.4) is 0 Å². The highest BCUT2D eigenvalue weighted by molar-refractivity contribution is 6.31. The molecule has 1 aromatic carbocycles. The monoisotopic (exact) mass is 336 g/mol. The Balaban J connectivity index is 2.03. The fraction of sp³-hybridized carbons (Fsp3) is 0.667. The number of carbonyl (C=O) groups excluding carboxylic acids is 1. The van der Waals surface area contributed by atoms with Gasteiger partial charge in [0.1, 0.15) is 0 Å². The lowest BCUT2D eigenvalue weighted by Crippen LogP contribution is -2.02. The third kappa shape index (κ3) is 8.55. The van der Waals surface area contributed by atoms with Crippen molar-refractivity contribution in [2.75, 3.05) is 0 Å². The van der Waals surface area contributed by atoms with Gasteiger partial charge >= 0.3 is 0 Å². The third-order valence-corrected chi connectivity index (χ3v) is 4.98. The van der Waals surface area contributed by atoms with Crippen LogP contribution in [0.15, 0.2) is 18.2 Å². The Bertz CT molecular complexity index is 453. The zero-order valence-corrected chi connectivity index (χ0v) is 15.8. The maximum Gasteiger partial charge on any atom is 0.163 e. The number of Topliss-reactive ketones (excluding diaryl/α,β-unsaturated/α-hetero) is 1. The summed E-state index contributed by atoms with van der Waals surface area (Å²) >= 11 is 6.08. The number of halogens is 1. The van der Waals surface area contributed by atoms with Crippen molar-refractivity contribution in [3.05, 3.63) is 34.3 Å². The number of ketones is 1. The summed E-state index contributed by atoms with van der Waals surface area (Å²) in [6, 6.07) is 5.60. The molecule has 0 heterocycles. The topological polar surface area (TPSA) is 17.1 Å². The van der Waals surface area contributed by atoms with Gasteiger partial charge in [0.25, 0.3) is 0 Å². The predicted octanol–water partition coefficient (Wildman–Crippen LogP) is 7.53. The summed E-state index contributed by atoms with van der Waals surface area (Å²) in [5.41, 5.74) is 1.71. The Morgan fingerprint density at radius 3 is 1.96 bits per heavy atom. The molecule has 0 spiro atoms. The lowest BCUT2D eigenvalue weighted by molar-refractivity contribution is 0.0978. The maximum atomic E-state index is 12.2. The van der Waals surface area contributed by atoms with E-state index in [0.29, 0.717) is 11.4 Å². The second-order valence-corrected chi connectivity index (χ2v) is 7.03. The van der Waals surface area contributed by atoms with Crippen LogP contribution < -0.4 is 0 Å². The van der Waals surface area contributed by atoms with E-state index < -0.39 is 0 Å². The first-order valence-electron chi connectivity index (χ1n) is 9.45. The minimum atomic E-state index is 0.237. The van der Waals surface area contributed by atoms with E-state index in [1.165, 1.54) is 64.2 Å². The number of rotatable bonds is 13. The summed E-state index contributed by atoms with van der Waals surface area (Å²) in [5, 5.41) is 0.690. The third-order valence-electron chi connectivity index (χ3n) is 4.58. The van der Waals surface area contributed by atoms with Crippen LogP contribution in [0.4, 0.5) is 0 Å². The summed E-state index contributed by atoms with van der Waals surface area (Å²) in [7, 11) is 0. The minimum absolute atomic E-state index is 0.237. The highest BCUT2D eigenvalue weighted by Crippen LogP contribution is 2.21. The van der Waals surface area contributed by atoms with Crippen LogP contribution in [0.25, 0.3) is 0 Å².